The van der Waals surface area contributed by atoms with E-state index in [0.29, 0.717) is 30.3 Å². The smallest absolute Gasteiger partial charge is 0.313 e. The number of amides is 1. The van der Waals surface area contributed by atoms with Gasteiger partial charge in [-0.1, -0.05) is 25.0 Å². The van der Waals surface area contributed by atoms with Gasteiger partial charge in [-0.15, -0.1) is 0 Å². The van der Waals surface area contributed by atoms with Crippen LogP contribution in [0.3, 0.4) is 0 Å². The van der Waals surface area contributed by atoms with Crippen molar-refractivity contribution in [2.45, 2.75) is 38.6 Å². The van der Waals surface area contributed by atoms with Crippen molar-refractivity contribution in [2.24, 2.45) is 11.3 Å². The van der Waals surface area contributed by atoms with Gasteiger partial charge in [0.25, 0.3) is 5.91 Å². The molecule has 1 aromatic carbocycles. The first-order valence-electron chi connectivity index (χ1n) is 9.78. The van der Waals surface area contributed by atoms with Crippen LogP contribution in [0, 0.1) is 11.3 Å². The average Bonchev–Trinajstić information content (AvgIpc) is 3.35. The number of carbonyl (C=O) groups excluding carboxylic acids is 2. The third-order valence-corrected chi connectivity index (χ3v) is 6.73. The molecule has 4 rings (SSSR count). The van der Waals surface area contributed by atoms with E-state index in [0.717, 1.165) is 19.4 Å². The van der Waals surface area contributed by atoms with Gasteiger partial charge >= 0.3 is 5.97 Å². The first-order chi connectivity index (χ1) is 12.9. The zero-order valence-electron chi connectivity index (χ0n) is 15.7. The quantitative estimate of drug-likeness (QED) is 0.823. The Morgan fingerprint density at radius 2 is 1.63 bits per heavy atom. The zero-order chi connectivity index (χ0) is 19.2. The number of carbonyl (C=O) groups is 3. The number of aliphatic carboxylic acids is 1. The first-order valence-corrected chi connectivity index (χ1v) is 9.78. The molecular weight excluding hydrogens is 344 g/mol. The summed E-state index contributed by atoms with van der Waals surface area (Å²) in [6, 6.07) is 7.13. The van der Waals surface area contributed by atoms with Crippen LogP contribution in [0.2, 0.25) is 0 Å². The van der Waals surface area contributed by atoms with Crippen LogP contribution in [-0.2, 0) is 4.79 Å². The fourth-order valence-electron chi connectivity index (χ4n) is 5.14. The lowest BCUT2D eigenvalue weighted by atomic mass is 9.81. The van der Waals surface area contributed by atoms with Gasteiger partial charge in [-0.05, 0) is 31.9 Å². The van der Waals surface area contributed by atoms with Crippen molar-refractivity contribution in [3.8, 4) is 0 Å². The fourth-order valence-corrected chi connectivity index (χ4v) is 5.14. The largest absolute Gasteiger partial charge is 0.481 e. The number of rotatable bonds is 4. The molecule has 1 N–H and O–H groups in total. The van der Waals surface area contributed by atoms with E-state index in [-0.39, 0.29) is 24.2 Å². The van der Waals surface area contributed by atoms with Crippen molar-refractivity contribution in [2.75, 3.05) is 26.2 Å². The topological polar surface area (TPSA) is 77.9 Å². The Labute approximate surface area is 159 Å². The third kappa shape index (κ3) is 3.06. The highest BCUT2D eigenvalue weighted by atomic mass is 16.4. The molecule has 6 nitrogen and oxygen atoms in total. The molecule has 2 atom stereocenters. The third-order valence-electron chi connectivity index (χ3n) is 6.73. The zero-order valence-corrected chi connectivity index (χ0v) is 15.7. The lowest BCUT2D eigenvalue weighted by Crippen LogP contribution is -2.43. The van der Waals surface area contributed by atoms with E-state index in [9.17, 15) is 19.5 Å². The van der Waals surface area contributed by atoms with E-state index in [2.05, 4.69) is 4.90 Å². The SMILES string of the molecule is CC(=O)c1ccc(C(=O)N2C[C@@H]3CN(C4CCCC4)C[C@]3(C(=O)O)C2)cc1. The molecule has 2 aliphatic heterocycles. The molecule has 3 fully saturated rings. The van der Waals surface area contributed by atoms with Gasteiger partial charge in [0, 0.05) is 49.3 Å². The van der Waals surface area contributed by atoms with Crippen molar-refractivity contribution < 1.29 is 19.5 Å². The Balaban J connectivity index is 1.50. The van der Waals surface area contributed by atoms with Crippen LogP contribution in [0.5, 0.6) is 0 Å². The molecule has 27 heavy (non-hydrogen) atoms. The molecule has 1 amide bonds. The van der Waals surface area contributed by atoms with Crippen LogP contribution in [0.4, 0.5) is 0 Å². The average molecular weight is 370 g/mol. The van der Waals surface area contributed by atoms with Gasteiger partial charge in [0.2, 0.25) is 0 Å². The first kappa shape index (κ1) is 18.2. The maximum absolute atomic E-state index is 12.9. The number of carboxylic acids is 1. The summed E-state index contributed by atoms with van der Waals surface area (Å²) in [7, 11) is 0. The van der Waals surface area contributed by atoms with Crippen LogP contribution in [0.15, 0.2) is 24.3 Å². The molecule has 1 saturated carbocycles. The van der Waals surface area contributed by atoms with E-state index in [1.807, 2.05) is 0 Å². The number of benzene rings is 1. The van der Waals surface area contributed by atoms with Crippen LogP contribution in [0.25, 0.3) is 0 Å². The fraction of sp³-hybridized carbons (Fsp3) is 0.571. The number of Topliss-reactive ketones (excluding diaryl/α,β-unsaturated/α-hetero) is 1. The summed E-state index contributed by atoms with van der Waals surface area (Å²) in [5.74, 6) is -0.986. The van der Waals surface area contributed by atoms with Gasteiger partial charge in [-0.3, -0.25) is 19.3 Å². The van der Waals surface area contributed by atoms with Crippen molar-refractivity contribution in [1.29, 1.82) is 0 Å². The van der Waals surface area contributed by atoms with Crippen LogP contribution in [-0.4, -0.2) is 64.8 Å². The standard InChI is InChI=1S/C21H26N2O4/c1-14(24)15-6-8-16(9-7-15)19(25)23-11-17-10-22(18-4-2-3-5-18)12-21(17,13-23)20(26)27/h6-9,17-18H,2-5,10-13H2,1H3,(H,26,27)/t17-,21-/m0/s1. The van der Waals surface area contributed by atoms with Gasteiger partial charge in [0.15, 0.2) is 5.78 Å². The summed E-state index contributed by atoms with van der Waals surface area (Å²) < 4.78 is 0. The molecule has 0 unspecified atom stereocenters. The number of hydrogen-bond donors (Lipinski definition) is 1. The summed E-state index contributed by atoms with van der Waals surface area (Å²) in [4.78, 5) is 40.5. The van der Waals surface area contributed by atoms with Crippen molar-refractivity contribution in [3.05, 3.63) is 35.4 Å². The van der Waals surface area contributed by atoms with Crippen molar-refractivity contribution in [3.63, 3.8) is 0 Å². The van der Waals surface area contributed by atoms with Crippen LogP contribution in [0.1, 0.15) is 53.3 Å². The highest BCUT2D eigenvalue weighted by molar-refractivity contribution is 5.98. The van der Waals surface area contributed by atoms with Crippen LogP contribution < -0.4 is 0 Å². The van der Waals surface area contributed by atoms with Crippen LogP contribution >= 0.6 is 0 Å². The second-order valence-electron chi connectivity index (χ2n) is 8.35. The highest BCUT2D eigenvalue weighted by Gasteiger charge is 2.59. The molecule has 0 spiro atoms. The molecule has 1 aromatic rings. The van der Waals surface area contributed by atoms with Crippen molar-refractivity contribution >= 4 is 17.7 Å². The van der Waals surface area contributed by atoms with Crippen molar-refractivity contribution in [1.82, 2.24) is 9.80 Å². The highest BCUT2D eigenvalue weighted by Crippen LogP contribution is 2.45. The van der Waals surface area contributed by atoms with Gasteiger partial charge in [-0.2, -0.15) is 0 Å². The minimum Gasteiger partial charge on any atom is -0.481 e. The Hall–Kier alpha value is -2.21. The number of carboxylic acid groups (broad SMARTS) is 1. The van der Waals surface area contributed by atoms with E-state index in [1.54, 1.807) is 29.2 Å². The Morgan fingerprint density at radius 1 is 1.00 bits per heavy atom. The van der Waals surface area contributed by atoms with Gasteiger partial charge in [-0.25, -0.2) is 0 Å². The molecular formula is C21H26N2O4. The molecule has 6 heteroatoms. The van der Waals surface area contributed by atoms with E-state index < -0.39 is 11.4 Å². The Morgan fingerprint density at radius 3 is 2.19 bits per heavy atom. The second-order valence-corrected chi connectivity index (χ2v) is 8.35. The monoisotopic (exact) mass is 370 g/mol. The number of nitrogens with zero attached hydrogens (tertiary/aromatic N) is 2. The maximum Gasteiger partial charge on any atom is 0.313 e. The molecule has 3 aliphatic rings. The summed E-state index contributed by atoms with van der Waals surface area (Å²) in [5, 5.41) is 10.0. The molecule has 2 saturated heterocycles. The lowest BCUT2D eigenvalue weighted by molar-refractivity contribution is -0.148. The van der Waals surface area contributed by atoms with E-state index in [1.165, 1.54) is 19.8 Å². The summed E-state index contributed by atoms with van der Waals surface area (Å²) in [6.07, 6.45) is 4.78. The summed E-state index contributed by atoms with van der Waals surface area (Å²) in [5.41, 5.74) is 0.226. The maximum atomic E-state index is 12.9. The van der Waals surface area contributed by atoms with Gasteiger partial charge < -0.3 is 10.0 Å². The predicted molar refractivity (Wildman–Crippen MR) is 99.7 cm³/mol. The van der Waals surface area contributed by atoms with Gasteiger partial charge in [0.05, 0.1) is 0 Å². The molecule has 0 bridgehead atoms. The number of likely N-dealkylation sites (tertiary alicyclic amines) is 2. The number of fused-ring (bicyclic) bond motifs is 1. The number of hydrogen-bond acceptors (Lipinski definition) is 4. The molecule has 0 aromatic heterocycles. The second kappa shape index (κ2) is 6.75. The number of ketones is 1. The van der Waals surface area contributed by atoms with E-state index >= 15 is 0 Å². The predicted octanol–water partition coefficient (Wildman–Crippen LogP) is 2.29. The minimum atomic E-state index is -0.850. The Bertz CT molecular complexity index is 769. The molecule has 0 radical (unpaired) electrons. The normalized spacial score (nSPS) is 28.5. The Kier molecular flexibility index (Phi) is 4.54. The van der Waals surface area contributed by atoms with E-state index in [4.69, 9.17) is 0 Å². The molecule has 144 valence electrons. The van der Waals surface area contributed by atoms with Gasteiger partial charge in [0.1, 0.15) is 5.41 Å². The summed E-state index contributed by atoms with van der Waals surface area (Å²) >= 11 is 0. The molecule has 2 heterocycles. The molecule has 1 aliphatic carbocycles. The minimum absolute atomic E-state index is 0.0176. The summed E-state index contributed by atoms with van der Waals surface area (Å²) in [6.45, 7) is 3.56. The lowest BCUT2D eigenvalue weighted by Gasteiger charge is -2.28.